The van der Waals surface area contributed by atoms with Crippen molar-refractivity contribution >= 4 is 27.5 Å². The number of esters is 1. The molecule has 0 saturated carbocycles. The largest absolute Gasteiger partial charge is 0.486 e. The van der Waals surface area contributed by atoms with Crippen LogP contribution in [0.4, 0.5) is 5.69 Å². The van der Waals surface area contributed by atoms with Crippen LogP contribution >= 0.6 is 0 Å². The number of anilines is 1. The van der Waals surface area contributed by atoms with Crippen molar-refractivity contribution in [1.82, 2.24) is 9.78 Å². The zero-order valence-corrected chi connectivity index (χ0v) is 22.1. The molecule has 0 bridgehead atoms. The Morgan fingerprint density at radius 1 is 1.26 bits per heavy atom. The average molecular weight is 508 g/mol. The number of ether oxygens (including phenoxy) is 3. The summed E-state index contributed by atoms with van der Waals surface area (Å²) in [6, 6.07) is 4.97. The average Bonchev–Trinajstić information content (AvgIpc) is 3.04. The van der Waals surface area contributed by atoms with Gasteiger partial charge in [-0.15, -0.1) is 5.10 Å². The lowest BCUT2D eigenvalue weighted by molar-refractivity contribution is -0.153. The van der Waals surface area contributed by atoms with Gasteiger partial charge >= 0.3 is 5.97 Å². The van der Waals surface area contributed by atoms with E-state index in [1.165, 1.54) is 23.0 Å². The highest BCUT2D eigenvalue weighted by Gasteiger charge is 2.39. The van der Waals surface area contributed by atoms with Crippen molar-refractivity contribution in [2.45, 2.75) is 70.5 Å². The third kappa shape index (κ3) is 5.95. The van der Waals surface area contributed by atoms with Crippen molar-refractivity contribution in [2.24, 2.45) is 7.05 Å². The molecule has 2 heterocycles. The van der Waals surface area contributed by atoms with E-state index in [9.17, 15) is 18.0 Å². The topological polar surface area (TPSA) is 117 Å². The van der Waals surface area contributed by atoms with Crippen LogP contribution in [-0.2, 0) is 37.8 Å². The van der Waals surface area contributed by atoms with Gasteiger partial charge in [0.1, 0.15) is 23.2 Å². The van der Waals surface area contributed by atoms with Gasteiger partial charge in [-0.3, -0.25) is 13.8 Å². The van der Waals surface area contributed by atoms with E-state index in [1.807, 2.05) is 0 Å². The first-order valence-electron chi connectivity index (χ1n) is 11.3. The summed E-state index contributed by atoms with van der Waals surface area (Å²) in [6.45, 7) is 8.48. The number of benzene rings is 1. The molecule has 0 spiro atoms. The molecule has 11 heteroatoms. The van der Waals surface area contributed by atoms with Gasteiger partial charge in [0.25, 0.3) is 15.9 Å². The Morgan fingerprint density at radius 2 is 1.94 bits per heavy atom. The van der Waals surface area contributed by atoms with Crippen molar-refractivity contribution in [1.29, 1.82) is 0 Å². The molecule has 1 aromatic heterocycles. The summed E-state index contributed by atoms with van der Waals surface area (Å²) in [5, 5.41) is 4.17. The molecule has 0 saturated heterocycles. The number of hydrogen-bond acceptors (Lipinski definition) is 8. The summed E-state index contributed by atoms with van der Waals surface area (Å²) in [6.07, 6.45) is 0.0751. The number of ketones is 1. The molecule has 0 radical (unpaired) electrons. The lowest BCUT2D eigenvalue weighted by Crippen LogP contribution is -2.44. The molecule has 0 fully saturated rings. The molecule has 1 aliphatic rings. The molecule has 0 aliphatic carbocycles. The molecule has 1 aliphatic heterocycles. The Labute approximate surface area is 206 Å². The number of hydrogen-bond donors (Lipinski definition) is 0. The summed E-state index contributed by atoms with van der Waals surface area (Å²) < 4.78 is 47.3. The second-order valence-electron chi connectivity index (χ2n) is 9.63. The van der Waals surface area contributed by atoms with E-state index in [2.05, 4.69) is 5.10 Å². The molecule has 10 nitrogen and oxygen atoms in total. The summed E-state index contributed by atoms with van der Waals surface area (Å²) >= 11 is 0. The van der Waals surface area contributed by atoms with E-state index in [-0.39, 0.29) is 35.9 Å². The van der Waals surface area contributed by atoms with Gasteiger partial charge in [-0.2, -0.15) is 0 Å². The summed E-state index contributed by atoms with van der Waals surface area (Å²) in [5.74, 6) is -0.0935. The second-order valence-corrected chi connectivity index (χ2v) is 11.4. The van der Waals surface area contributed by atoms with Gasteiger partial charge in [0.15, 0.2) is 4.90 Å². The van der Waals surface area contributed by atoms with Crippen LogP contribution in [0, 0.1) is 6.92 Å². The number of nitrogens with zero attached hydrogens (tertiary/aromatic N) is 3. The van der Waals surface area contributed by atoms with Gasteiger partial charge in [-0.1, -0.05) is 6.07 Å². The standard InChI is InChI=1S/C24H33N3O7S/c1-15(28)8-10-18-14-27(35(30,31)22-16(2)26(6)25-23(22)32-7)19-12-17(9-11-20(19)33-18)13-21(29)34-24(3,4)5/h9,11-12,18H,8,10,13-14H2,1-7H3/t18-/m0/s1. The van der Waals surface area contributed by atoms with E-state index < -0.39 is 27.7 Å². The van der Waals surface area contributed by atoms with E-state index in [1.54, 1.807) is 52.9 Å². The van der Waals surface area contributed by atoms with Crippen LogP contribution in [0.3, 0.4) is 0 Å². The first-order valence-corrected chi connectivity index (χ1v) is 12.8. The third-order valence-electron chi connectivity index (χ3n) is 5.53. The number of methoxy groups -OCH3 is 1. The van der Waals surface area contributed by atoms with Crippen molar-refractivity contribution in [3.63, 3.8) is 0 Å². The van der Waals surface area contributed by atoms with Crippen LogP contribution in [0.1, 0.15) is 51.8 Å². The van der Waals surface area contributed by atoms with E-state index >= 15 is 0 Å². The molecule has 35 heavy (non-hydrogen) atoms. The van der Waals surface area contributed by atoms with Crippen molar-refractivity contribution in [2.75, 3.05) is 18.0 Å². The monoisotopic (exact) mass is 507 g/mol. The van der Waals surface area contributed by atoms with Crippen molar-refractivity contribution < 1.29 is 32.2 Å². The Kier molecular flexibility index (Phi) is 7.49. The molecule has 1 atom stereocenters. The predicted molar refractivity (Wildman–Crippen MR) is 129 cm³/mol. The Balaban J connectivity index is 2.06. The van der Waals surface area contributed by atoms with Crippen LogP contribution in [0.15, 0.2) is 23.1 Å². The highest BCUT2D eigenvalue weighted by Crippen LogP contribution is 2.40. The molecule has 0 amide bonds. The Morgan fingerprint density at radius 3 is 2.54 bits per heavy atom. The smallest absolute Gasteiger partial charge is 0.310 e. The number of carbonyl (C=O) groups is 2. The number of fused-ring (bicyclic) bond motifs is 1. The van der Waals surface area contributed by atoms with E-state index in [4.69, 9.17) is 14.2 Å². The molecule has 2 aromatic rings. The third-order valence-corrected chi connectivity index (χ3v) is 7.44. The first kappa shape index (κ1) is 26.5. The summed E-state index contributed by atoms with van der Waals surface area (Å²) in [7, 11) is -1.13. The molecule has 1 aromatic carbocycles. The maximum Gasteiger partial charge on any atom is 0.310 e. The minimum absolute atomic E-state index is 0.00398. The van der Waals surface area contributed by atoms with Crippen molar-refractivity contribution in [3.8, 4) is 11.6 Å². The summed E-state index contributed by atoms with van der Waals surface area (Å²) in [4.78, 5) is 23.9. The minimum atomic E-state index is -4.13. The zero-order chi connectivity index (χ0) is 26.1. The molecule has 3 rings (SSSR count). The highest BCUT2D eigenvalue weighted by molar-refractivity contribution is 7.93. The molecule has 0 N–H and O–H groups in total. The summed E-state index contributed by atoms with van der Waals surface area (Å²) in [5.41, 5.74) is 0.664. The molecular formula is C24H33N3O7S. The molecule has 192 valence electrons. The fourth-order valence-corrected chi connectivity index (χ4v) is 5.69. The van der Waals surface area contributed by atoms with Crippen molar-refractivity contribution in [3.05, 3.63) is 29.5 Å². The zero-order valence-electron chi connectivity index (χ0n) is 21.2. The van der Waals surface area contributed by atoms with Crippen LogP contribution in [0.2, 0.25) is 0 Å². The second kappa shape index (κ2) is 9.88. The highest BCUT2D eigenvalue weighted by atomic mass is 32.2. The first-order chi connectivity index (χ1) is 16.2. The SMILES string of the molecule is COc1nn(C)c(C)c1S(=O)(=O)N1C[C@H](CCC(C)=O)Oc2ccc(CC(=O)OC(C)(C)C)cc21. The quantitative estimate of drug-likeness (QED) is 0.501. The maximum absolute atomic E-state index is 13.9. The molecule has 0 unspecified atom stereocenters. The minimum Gasteiger partial charge on any atom is -0.486 e. The maximum atomic E-state index is 13.9. The van der Waals surface area contributed by atoms with Gasteiger partial charge in [0.2, 0.25) is 0 Å². The van der Waals surface area contributed by atoms with Gasteiger partial charge in [-0.25, -0.2) is 8.42 Å². The normalized spacial score (nSPS) is 15.9. The van der Waals surface area contributed by atoms with Crippen LogP contribution in [-0.4, -0.2) is 55.3 Å². The Bertz CT molecular complexity index is 1230. The van der Waals surface area contributed by atoms with Crippen LogP contribution < -0.4 is 13.8 Å². The molecular weight excluding hydrogens is 474 g/mol. The fraction of sp³-hybridized carbons (Fsp3) is 0.542. The van der Waals surface area contributed by atoms with Gasteiger partial charge in [0, 0.05) is 13.5 Å². The number of Topliss-reactive ketones (excluding diaryl/α,β-unsaturated/α-hetero) is 1. The lowest BCUT2D eigenvalue weighted by atomic mass is 10.1. The van der Waals surface area contributed by atoms with Gasteiger partial charge in [-0.05, 0) is 58.7 Å². The Hall–Kier alpha value is -3.08. The van der Waals surface area contributed by atoms with E-state index in [0.29, 0.717) is 29.1 Å². The number of carbonyl (C=O) groups excluding carboxylic acids is 2. The number of aromatic nitrogens is 2. The van der Waals surface area contributed by atoms with Crippen LogP contribution in [0.25, 0.3) is 0 Å². The number of rotatable bonds is 8. The van der Waals surface area contributed by atoms with Gasteiger partial charge < -0.3 is 19.0 Å². The number of aryl methyl sites for hydroxylation is 1. The lowest BCUT2D eigenvalue weighted by Gasteiger charge is -2.35. The van der Waals surface area contributed by atoms with Gasteiger partial charge in [0.05, 0.1) is 31.5 Å². The fourth-order valence-electron chi connectivity index (χ4n) is 3.85. The number of sulfonamides is 1. The van der Waals surface area contributed by atoms with Crippen LogP contribution in [0.5, 0.6) is 11.6 Å². The van der Waals surface area contributed by atoms with E-state index in [0.717, 1.165) is 0 Å². The predicted octanol–water partition coefficient (Wildman–Crippen LogP) is 2.95.